The molecule has 0 atom stereocenters. The second kappa shape index (κ2) is 16.0. The van der Waals surface area contributed by atoms with E-state index in [0.29, 0.717) is 0 Å². The van der Waals surface area contributed by atoms with Crippen molar-refractivity contribution in [2.75, 3.05) is 0 Å². The zero-order chi connectivity index (χ0) is 35.4. The van der Waals surface area contributed by atoms with Crippen molar-refractivity contribution in [2.24, 2.45) is 5.41 Å². The summed E-state index contributed by atoms with van der Waals surface area (Å²) in [5, 5.41) is 5.11. The van der Waals surface area contributed by atoms with Gasteiger partial charge in [-0.15, -0.1) is 65.2 Å². The van der Waals surface area contributed by atoms with Crippen molar-refractivity contribution >= 4 is 21.5 Å². The Kier molecular flexibility index (Phi) is 11.2. The van der Waals surface area contributed by atoms with Crippen molar-refractivity contribution in [1.82, 2.24) is 9.97 Å². The summed E-state index contributed by atoms with van der Waals surface area (Å²) in [7, 11) is 0. The molecule has 0 N–H and O–H groups in total. The second-order valence-electron chi connectivity index (χ2n) is 14.5. The van der Waals surface area contributed by atoms with E-state index >= 15 is 0 Å². The molecular weight excluding hydrogens is 809 g/mol. The number of pyridine rings is 2. The number of fused-ring (bicyclic) bond motifs is 3. The molecule has 6 aromatic carbocycles. The topological polar surface area (TPSA) is 25.8 Å². The van der Waals surface area contributed by atoms with Crippen molar-refractivity contribution in [3.63, 3.8) is 0 Å². The van der Waals surface area contributed by atoms with Crippen LogP contribution >= 0.6 is 0 Å². The molecule has 0 aliphatic heterocycles. The molecule has 0 bridgehead atoms. The molecule has 0 saturated carbocycles. The maximum Gasteiger partial charge on any atom is 0.0196 e. The van der Waals surface area contributed by atoms with Crippen LogP contribution in [0.3, 0.4) is 0 Å². The Morgan fingerprint density at radius 1 is 0.558 bits per heavy atom. The minimum atomic E-state index is 0. The molecule has 8 aromatic rings. The van der Waals surface area contributed by atoms with Gasteiger partial charge >= 0.3 is 0 Å². The van der Waals surface area contributed by atoms with Crippen LogP contribution in [-0.4, -0.2) is 9.97 Å². The van der Waals surface area contributed by atoms with E-state index in [0.717, 1.165) is 28.9 Å². The third kappa shape index (κ3) is 8.45. The van der Waals surface area contributed by atoms with Gasteiger partial charge in [0.25, 0.3) is 0 Å². The van der Waals surface area contributed by atoms with Gasteiger partial charge < -0.3 is 9.97 Å². The molecule has 3 heteroatoms. The smallest absolute Gasteiger partial charge is 0.0196 e. The molecule has 8 rings (SSSR count). The molecule has 2 aromatic heterocycles. The largest absolute Gasteiger partial charge is 0.305 e. The molecule has 0 unspecified atom stereocenters. The summed E-state index contributed by atoms with van der Waals surface area (Å²) in [6.07, 6.45) is 4.88. The van der Waals surface area contributed by atoms with E-state index in [4.69, 9.17) is 0 Å². The Morgan fingerprint density at radius 2 is 1.21 bits per heavy atom. The molecule has 259 valence electrons. The van der Waals surface area contributed by atoms with Gasteiger partial charge in [0, 0.05) is 32.5 Å². The van der Waals surface area contributed by atoms with E-state index in [-0.39, 0.29) is 25.5 Å². The van der Waals surface area contributed by atoms with Crippen LogP contribution in [-0.2, 0) is 26.5 Å². The fraction of sp³-hybridized carbons (Fsp3) is 0.143. The Labute approximate surface area is 322 Å². The van der Waals surface area contributed by atoms with E-state index < -0.39 is 0 Å². The van der Waals surface area contributed by atoms with Crippen molar-refractivity contribution in [3.05, 3.63) is 181 Å². The van der Waals surface area contributed by atoms with E-state index in [2.05, 4.69) is 184 Å². The van der Waals surface area contributed by atoms with Crippen molar-refractivity contribution < 1.29 is 20.1 Å². The second-order valence-corrected chi connectivity index (χ2v) is 14.5. The first kappa shape index (κ1) is 36.6. The van der Waals surface area contributed by atoms with Crippen molar-refractivity contribution in [1.29, 1.82) is 0 Å². The molecule has 2 nitrogen and oxygen atoms in total. The Balaban J connectivity index is 0.000000192. The molecule has 0 amide bonds. The Bertz CT molecular complexity index is 2420. The SMILES string of the molecule is CC(C)(C)Cc1ccnc(-c2[c-]cc(-c3cc4ccccc4c4ccccc34)cc2)c1.Cc1c[c-]c(-c2cc(-c3ccccc3)c(C)cn2)cc1.[Ir]. The number of aromatic nitrogens is 2. The molecule has 52 heavy (non-hydrogen) atoms. The Hall–Kier alpha value is -5.21. The summed E-state index contributed by atoms with van der Waals surface area (Å²) in [5.74, 6) is 0. The van der Waals surface area contributed by atoms with Crippen LogP contribution in [0.25, 0.3) is 66.3 Å². The predicted octanol–water partition coefficient (Wildman–Crippen LogP) is 12.9. The first-order chi connectivity index (χ1) is 24.7. The number of hydrogen-bond acceptors (Lipinski definition) is 2. The molecule has 0 fully saturated rings. The molecule has 0 aliphatic carbocycles. The quantitative estimate of drug-likeness (QED) is 0.127. The van der Waals surface area contributed by atoms with Crippen LogP contribution < -0.4 is 0 Å². The molecule has 0 saturated heterocycles. The Morgan fingerprint density at radius 3 is 1.90 bits per heavy atom. The van der Waals surface area contributed by atoms with E-state index in [1.165, 1.54) is 60.5 Å². The number of hydrogen-bond donors (Lipinski definition) is 0. The fourth-order valence-corrected chi connectivity index (χ4v) is 6.65. The predicted molar refractivity (Wildman–Crippen MR) is 216 cm³/mol. The van der Waals surface area contributed by atoms with Crippen LogP contribution in [0.15, 0.2) is 152 Å². The molecule has 0 aliphatic rings. The summed E-state index contributed by atoms with van der Waals surface area (Å²) >= 11 is 0. The zero-order valence-electron chi connectivity index (χ0n) is 30.4. The van der Waals surface area contributed by atoms with Crippen LogP contribution in [0, 0.1) is 31.4 Å². The summed E-state index contributed by atoms with van der Waals surface area (Å²) in [6, 6.07) is 55.8. The van der Waals surface area contributed by atoms with E-state index in [1.54, 1.807) is 0 Å². The van der Waals surface area contributed by atoms with Gasteiger partial charge in [-0.05, 0) is 74.4 Å². The van der Waals surface area contributed by atoms with Gasteiger partial charge in [-0.2, -0.15) is 0 Å². The third-order valence-electron chi connectivity index (χ3n) is 9.16. The fourth-order valence-electron chi connectivity index (χ4n) is 6.65. The average Bonchev–Trinajstić information content (AvgIpc) is 3.15. The number of aryl methyl sites for hydroxylation is 2. The maximum absolute atomic E-state index is 4.60. The van der Waals surface area contributed by atoms with Gasteiger partial charge in [0.05, 0.1) is 0 Å². The number of rotatable bonds is 5. The standard InChI is InChI=1S/C30H26N.C19H16N.Ir/c1-30(2,3)20-21-16-17-31-29(18-21)23-14-12-22(13-15-23)28-19-24-8-4-5-9-25(24)26-10-6-7-11-27(26)28;1-14-8-10-17(11-9-14)19-12-18(15(2)13-20-19)16-6-4-3-5-7-16;/h4-14,16-19H,20H2,1-3H3;3-10,12-13H,1-2H3;/q2*-1;. The van der Waals surface area contributed by atoms with Crippen LogP contribution in [0.1, 0.15) is 37.5 Å². The van der Waals surface area contributed by atoms with Crippen LogP contribution in [0.2, 0.25) is 0 Å². The van der Waals surface area contributed by atoms with Crippen molar-refractivity contribution in [2.45, 2.75) is 41.0 Å². The molecule has 1 radical (unpaired) electrons. The minimum absolute atomic E-state index is 0. The van der Waals surface area contributed by atoms with Gasteiger partial charge in [0.2, 0.25) is 0 Å². The summed E-state index contributed by atoms with van der Waals surface area (Å²) < 4.78 is 0. The van der Waals surface area contributed by atoms with Crippen LogP contribution in [0.4, 0.5) is 0 Å². The summed E-state index contributed by atoms with van der Waals surface area (Å²) in [5.41, 5.74) is 12.9. The normalized spacial score (nSPS) is 11.1. The molecule has 2 heterocycles. The minimum Gasteiger partial charge on any atom is -0.305 e. The van der Waals surface area contributed by atoms with Gasteiger partial charge in [-0.1, -0.05) is 141 Å². The molecule has 0 spiro atoms. The van der Waals surface area contributed by atoms with E-state index in [1.807, 2.05) is 24.5 Å². The number of benzene rings is 6. The zero-order valence-corrected chi connectivity index (χ0v) is 32.8. The summed E-state index contributed by atoms with van der Waals surface area (Å²) in [6.45, 7) is 11.0. The van der Waals surface area contributed by atoms with Gasteiger partial charge in [-0.25, -0.2) is 0 Å². The average molecular weight is 851 g/mol. The first-order valence-electron chi connectivity index (χ1n) is 17.6. The van der Waals surface area contributed by atoms with Gasteiger partial charge in [0.15, 0.2) is 0 Å². The van der Waals surface area contributed by atoms with Crippen LogP contribution in [0.5, 0.6) is 0 Å². The number of nitrogens with zero attached hydrogens (tertiary/aromatic N) is 2. The van der Waals surface area contributed by atoms with Crippen molar-refractivity contribution in [3.8, 4) is 44.8 Å². The first-order valence-corrected chi connectivity index (χ1v) is 17.6. The monoisotopic (exact) mass is 851 g/mol. The van der Waals surface area contributed by atoms with Gasteiger partial charge in [0.1, 0.15) is 0 Å². The molecular formula is C49H42IrN2-2. The van der Waals surface area contributed by atoms with E-state index in [9.17, 15) is 0 Å². The van der Waals surface area contributed by atoms with Gasteiger partial charge in [-0.3, -0.25) is 0 Å². The summed E-state index contributed by atoms with van der Waals surface area (Å²) in [4.78, 5) is 9.13. The maximum atomic E-state index is 4.60. The third-order valence-corrected chi connectivity index (χ3v) is 9.16.